The van der Waals surface area contributed by atoms with Crippen LogP contribution in [-0.4, -0.2) is 51.5 Å². The van der Waals surface area contributed by atoms with E-state index in [2.05, 4.69) is 6.07 Å². The maximum absolute atomic E-state index is 11.3. The second kappa shape index (κ2) is 9.39. The van der Waals surface area contributed by atoms with Crippen molar-refractivity contribution in [1.82, 2.24) is 0 Å². The molecule has 1 aliphatic heterocycles. The van der Waals surface area contributed by atoms with Gasteiger partial charge in [0.25, 0.3) is 0 Å². The molecule has 7 nitrogen and oxygen atoms in total. The van der Waals surface area contributed by atoms with E-state index >= 15 is 0 Å². The van der Waals surface area contributed by atoms with Crippen LogP contribution in [0.3, 0.4) is 0 Å². The van der Waals surface area contributed by atoms with E-state index in [0.717, 1.165) is 17.0 Å². The van der Waals surface area contributed by atoms with Crippen LogP contribution < -0.4 is 51.4 Å². The van der Waals surface area contributed by atoms with Gasteiger partial charge < -0.3 is 14.3 Å². The van der Waals surface area contributed by atoms with Gasteiger partial charge in [-0.05, 0) is 12.8 Å². The molecular weight excluding hydrogens is 404 g/mol. The molecule has 1 aromatic rings. The van der Waals surface area contributed by atoms with Crippen molar-refractivity contribution in [3.63, 3.8) is 0 Å². The van der Waals surface area contributed by atoms with Crippen LogP contribution in [-0.2, 0) is 20.1 Å². The van der Waals surface area contributed by atoms with Gasteiger partial charge in [0.2, 0.25) is 0 Å². The third kappa shape index (κ3) is 6.30. The Morgan fingerprint density at radius 2 is 2.00 bits per heavy atom. The molecule has 140 valence electrons. The number of rotatable bonds is 8. The van der Waals surface area contributed by atoms with Gasteiger partial charge in [-0.2, -0.15) is 18.2 Å². The summed E-state index contributed by atoms with van der Waals surface area (Å²) in [5.74, 6) is -0.384. The van der Waals surface area contributed by atoms with Gasteiger partial charge >= 0.3 is 59.0 Å². The Morgan fingerprint density at radius 3 is 2.58 bits per heavy atom. The summed E-state index contributed by atoms with van der Waals surface area (Å²) in [6, 6.07) is 8.52. The average Bonchev–Trinajstić information content (AvgIpc) is 2.70. The Morgan fingerprint density at radius 1 is 1.35 bits per heavy atom. The van der Waals surface area contributed by atoms with E-state index in [1.54, 1.807) is 6.07 Å². The predicted octanol–water partition coefficient (Wildman–Crippen LogP) is -1.24. The van der Waals surface area contributed by atoms with Crippen LogP contribution >= 0.6 is 7.60 Å². The molecule has 0 spiro atoms. The fourth-order valence-corrected chi connectivity index (χ4v) is 4.59. The molecule has 0 fully saturated rings. The van der Waals surface area contributed by atoms with Crippen molar-refractivity contribution in [2.45, 2.75) is 38.5 Å². The monoisotopic (exact) mass is 427 g/mol. The van der Waals surface area contributed by atoms with E-state index in [0.29, 0.717) is 19.4 Å². The molecule has 0 radical (unpaired) electrons. The predicted molar refractivity (Wildman–Crippen MR) is 93.4 cm³/mol. The second-order valence-electron chi connectivity index (χ2n) is 6.62. The zero-order valence-electron chi connectivity index (χ0n) is 15.3. The molecule has 2 rings (SSSR count). The maximum Gasteiger partial charge on any atom is 1.00 e. The Kier molecular flexibility index (Phi) is 8.89. The van der Waals surface area contributed by atoms with Crippen molar-refractivity contribution >= 4 is 29.1 Å². The second-order valence-corrected chi connectivity index (χ2v) is 9.92. The average molecular weight is 428 g/mol. The minimum absolute atomic E-state index is 0. The zero-order chi connectivity index (χ0) is 18.9. The molecule has 0 saturated heterocycles. The van der Waals surface area contributed by atoms with E-state index in [4.69, 9.17) is 0 Å². The van der Waals surface area contributed by atoms with Crippen LogP contribution in [0.4, 0.5) is 5.69 Å². The van der Waals surface area contributed by atoms with Gasteiger partial charge in [-0.1, -0.05) is 12.5 Å². The van der Waals surface area contributed by atoms with Crippen molar-refractivity contribution in [3.8, 4) is 0 Å². The molecule has 2 N–H and O–H groups in total. The van der Waals surface area contributed by atoms with Gasteiger partial charge in [-0.3, -0.25) is 4.57 Å². The molecule has 0 aliphatic carbocycles. The summed E-state index contributed by atoms with van der Waals surface area (Å²) in [6.07, 6.45) is 0.908. The molecule has 1 atom stereocenters. The third-order valence-electron chi connectivity index (χ3n) is 4.86. The van der Waals surface area contributed by atoms with Gasteiger partial charge in [-0.25, -0.2) is 13.0 Å². The topological polar surface area (TPSA) is 118 Å². The van der Waals surface area contributed by atoms with Crippen molar-refractivity contribution < 1.29 is 83.3 Å². The number of fused-ring (bicyclic) bond motifs is 1. The van der Waals surface area contributed by atoms with E-state index in [-0.39, 0.29) is 69.7 Å². The smallest absolute Gasteiger partial charge is 0.748 e. The fraction of sp³-hybridized carbons (Fsp3) is 0.562. The van der Waals surface area contributed by atoms with Gasteiger partial charge in [0.05, 0.1) is 16.3 Å². The van der Waals surface area contributed by atoms with Crippen LogP contribution in [0.5, 0.6) is 0 Å². The molecule has 0 aromatic heterocycles. The standard InChI is InChI=1S/C16H24NO6PS.K/c1-13-16(2,9-11-24(18,19)20)14-7-3-4-8-15(14)17(13)10-5-6-12-25(21,22)23;/h4,7-8H,5-6,9-12H2,1-2H3,(H2,18,19,20)(H,21,22,23);/q;+1/p-1. The quantitative estimate of drug-likeness (QED) is 0.134. The maximum atomic E-state index is 11.3. The van der Waals surface area contributed by atoms with Crippen molar-refractivity contribution in [2.24, 2.45) is 0 Å². The Balaban J connectivity index is 0.00000338. The first-order chi connectivity index (χ1) is 11.4. The number of hydrogen-bond donors (Lipinski definition) is 2. The van der Waals surface area contributed by atoms with E-state index in [1.165, 1.54) is 0 Å². The summed E-state index contributed by atoms with van der Waals surface area (Å²) in [5, 5.41) is 0. The fourth-order valence-electron chi connectivity index (χ4n) is 3.29. The minimum Gasteiger partial charge on any atom is -0.748 e. The molecule has 0 saturated carbocycles. The molecule has 0 bridgehead atoms. The van der Waals surface area contributed by atoms with Crippen LogP contribution in [0.2, 0.25) is 0 Å². The summed E-state index contributed by atoms with van der Waals surface area (Å²) in [4.78, 5) is 18.5. The largest absolute Gasteiger partial charge is 1.00 e. The zero-order valence-corrected chi connectivity index (χ0v) is 20.1. The number of benzene rings is 1. The summed E-state index contributed by atoms with van der Waals surface area (Å²) < 4.78 is 45.5. The number of unbranched alkanes of at least 4 members (excludes halogenated alkanes) is 1. The van der Waals surface area contributed by atoms with Crippen molar-refractivity contribution in [2.75, 3.05) is 18.5 Å². The van der Waals surface area contributed by atoms with Crippen LogP contribution in [0.1, 0.15) is 38.7 Å². The number of nitrogens with zero attached hydrogens (tertiary/aromatic N) is 1. The Bertz CT molecular complexity index is 835. The molecule has 1 aromatic carbocycles. The van der Waals surface area contributed by atoms with E-state index in [9.17, 15) is 27.3 Å². The first-order valence-corrected chi connectivity index (χ1v) is 11.4. The third-order valence-corrected chi connectivity index (χ3v) is 6.45. The SMILES string of the molecule is CC1=[N+](CCCCS(=O)(=O)[O-])c2cc[c-]cc2C1(C)CCP(=O)(O)O.[K+]. The first-order valence-electron chi connectivity index (χ1n) is 8.04. The molecule has 1 unspecified atom stereocenters. The van der Waals surface area contributed by atoms with Crippen LogP contribution in [0.15, 0.2) is 18.2 Å². The van der Waals surface area contributed by atoms with Gasteiger partial charge in [0.1, 0.15) is 12.2 Å². The molecule has 26 heavy (non-hydrogen) atoms. The van der Waals surface area contributed by atoms with Gasteiger partial charge in [0.15, 0.2) is 5.71 Å². The molecule has 1 heterocycles. The molecular formula is C16H23KNO6PS. The Labute approximate surface area is 197 Å². The van der Waals surface area contributed by atoms with Crippen LogP contribution in [0, 0.1) is 6.07 Å². The molecule has 0 amide bonds. The van der Waals surface area contributed by atoms with Crippen LogP contribution in [0.25, 0.3) is 0 Å². The van der Waals surface area contributed by atoms with E-state index in [1.807, 2.05) is 30.6 Å². The first kappa shape index (κ1) is 24.6. The summed E-state index contributed by atoms with van der Waals surface area (Å²) >= 11 is 0. The normalized spacial score (nSPS) is 20.0. The summed E-state index contributed by atoms with van der Waals surface area (Å²) in [7, 11) is -8.32. The summed E-state index contributed by atoms with van der Waals surface area (Å²) in [6.45, 7) is 4.42. The summed E-state index contributed by atoms with van der Waals surface area (Å²) in [5.41, 5.74) is 2.34. The van der Waals surface area contributed by atoms with Gasteiger partial charge in [-0.15, -0.1) is 6.07 Å². The van der Waals surface area contributed by atoms with E-state index < -0.39 is 23.1 Å². The molecule has 1 aliphatic rings. The van der Waals surface area contributed by atoms with Gasteiger partial charge in [0, 0.05) is 24.5 Å². The molecule has 10 heteroatoms. The number of hydrogen-bond acceptors (Lipinski definition) is 4. The minimum atomic E-state index is -4.21. The Hall–Kier alpha value is 0.586. The van der Waals surface area contributed by atoms with Crippen molar-refractivity contribution in [3.05, 3.63) is 29.8 Å². The van der Waals surface area contributed by atoms with Crippen molar-refractivity contribution in [1.29, 1.82) is 0 Å².